The molecule has 4 nitrogen and oxygen atoms in total. The molecule has 3 heterocycles. The number of allylic oxidation sites excluding steroid dienone is 2. The predicted octanol–water partition coefficient (Wildman–Crippen LogP) is 6.47. The first-order valence-electron chi connectivity index (χ1n) is 13.2. The Morgan fingerprint density at radius 1 is 1.11 bits per heavy atom. The van der Waals surface area contributed by atoms with Crippen molar-refractivity contribution in [3.8, 4) is 0 Å². The molecule has 7 atom stereocenters. The van der Waals surface area contributed by atoms with Crippen LogP contribution in [0.2, 0.25) is 0 Å². The summed E-state index contributed by atoms with van der Waals surface area (Å²) in [6, 6.07) is 8.55. The minimum absolute atomic E-state index is 0.0464. The van der Waals surface area contributed by atoms with E-state index in [9.17, 15) is 9.59 Å². The van der Waals surface area contributed by atoms with Crippen LogP contribution in [0.1, 0.15) is 74.6 Å². The second-order valence-electron chi connectivity index (χ2n) is 11.7. The molecule has 3 aliphatic carbocycles. The first-order chi connectivity index (χ1) is 16.9. The van der Waals surface area contributed by atoms with E-state index in [2.05, 4.69) is 65.6 Å². The second kappa shape index (κ2) is 8.88. The van der Waals surface area contributed by atoms with E-state index in [1.165, 1.54) is 15.5 Å². The van der Waals surface area contributed by atoms with Gasteiger partial charge in [0, 0.05) is 39.6 Å². The number of rotatable bonds is 5. The number of carbonyl (C=O) groups is 2. The highest BCUT2D eigenvalue weighted by atomic mass is 32.1. The third kappa shape index (κ3) is 3.92. The van der Waals surface area contributed by atoms with Crippen LogP contribution < -0.4 is 10.6 Å². The number of fused-ring (bicyclic) bond motifs is 5. The third-order valence-corrected chi connectivity index (χ3v) is 12.0. The van der Waals surface area contributed by atoms with E-state index in [0.717, 1.165) is 44.9 Å². The molecule has 35 heavy (non-hydrogen) atoms. The number of hydrogen-bond acceptors (Lipinski definition) is 4. The van der Waals surface area contributed by atoms with Gasteiger partial charge in [-0.2, -0.15) is 0 Å². The molecule has 4 aliphatic rings. The van der Waals surface area contributed by atoms with E-state index in [4.69, 9.17) is 0 Å². The Kier molecular flexibility index (Phi) is 5.96. The number of hydrogen-bond donors (Lipinski definition) is 2. The highest BCUT2D eigenvalue weighted by Crippen LogP contribution is 2.65. The quantitative estimate of drug-likeness (QED) is 0.486. The molecule has 3 fully saturated rings. The van der Waals surface area contributed by atoms with Crippen LogP contribution in [0.4, 0.5) is 0 Å². The average Bonchev–Trinajstić information content (AvgIpc) is 3.60. The Morgan fingerprint density at radius 3 is 2.71 bits per heavy atom. The van der Waals surface area contributed by atoms with Crippen LogP contribution >= 0.6 is 22.7 Å². The minimum atomic E-state index is 0.0464. The molecule has 0 spiro atoms. The SMILES string of the molecule is C[C@]12CCC(=O)NC1=CC[C@@H]1[C@H]2CC[C@]2(C)C(C(=O)NC(Cc3cccs3)c3cccs3)CC[C@@H]12. The molecule has 2 aromatic rings. The number of thiophene rings is 2. The van der Waals surface area contributed by atoms with E-state index >= 15 is 0 Å². The van der Waals surface area contributed by atoms with Gasteiger partial charge < -0.3 is 10.6 Å². The number of amides is 2. The van der Waals surface area contributed by atoms with Crippen LogP contribution in [0.3, 0.4) is 0 Å². The predicted molar refractivity (Wildman–Crippen MR) is 142 cm³/mol. The fraction of sp³-hybridized carbons (Fsp3) is 0.586. The van der Waals surface area contributed by atoms with Crippen LogP contribution in [0.15, 0.2) is 46.8 Å². The van der Waals surface area contributed by atoms with Gasteiger partial charge in [-0.05, 0) is 84.6 Å². The van der Waals surface area contributed by atoms with Gasteiger partial charge in [0.15, 0.2) is 0 Å². The molecule has 6 rings (SSSR count). The number of piperidine rings is 1. The van der Waals surface area contributed by atoms with Crippen LogP contribution in [0.25, 0.3) is 0 Å². The molecule has 0 aromatic carbocycles. The molecule has 2 amide bonds. The fourth-order valence-corrected chi connectivity index (χ4v) is 9.77. The lowest BCUT2D eigenvalue weighted by Crippen LogP contribution is -2.54. The first-order valence-corrected chi connectivity index (χ1v) is 15.0. The summed E-state index contributed by atoms with van der Waals surface area (Å²) in [7, 11) is 0. The Labute approximate surface area is 216 Å². The van der Waals surface area contributed by atoms with Crippen molar-refractivity contribution in [3.05, 3.63) is 56.6 Å². The van der Waals surface area contributed by atoms with Crippen molar-refractivity contribution in [1.29, 1.82) is 0 Å². The number of carbonyl (C=O) groups excluding carboxylic acids is 2. The lowest BCUT2D eigenvalue weighted by atomic mass is 9.49. The maximum atomic E-state index is 13.9. The van der Waals surface area contributed by atoms with Gasteiger partial charge in [0.1, 0.15) is 0 Å². The van der Waals surface area contributed by atoms with Crippen molar-refractivity contribution in [1.82, 2.24) is 10.6 Å². The van der Waals surface area contributed by atoms with Gasteiger partial charge in [0.05, 0.1) is 6.04 Å². The third-order valence-electron chi connectivity index (χ3n) is 10.1. The van der Waals surface area contributed by atoms with E-state index in [1.807, 2.05) is 0 Å². The maximum absolute atomic E-state index is 13.9. The van der Waals surface area contributed by atoms with E-state index in [0.29, 0.717) is 24.2 Å². The molecule has 1 saturated heterocycles. The molecular weight excluding hydrogens is 472 g/mol. The van der Waals surface area contributed by atoms with E-state index in [1.54, 1.807) is 22.7 Å². The average molecular weight is 509 g/mol. The first kappa shape index (κ1) is 23.5. The Bertz CT molecular complexity index is 1120. The fourth-order valence-electron chi connectivity index (χ4n) is 8.24. The van der Waals surface area contributed by atoms with Crippen LogP contribution in [0.5, 0.6) is 0 Å². The van der Waals surface area contributed by atoms with Gasteiger partial charge in [0.25, 0.3) is 0 Å². The molecule has 2 saturated carbocycles. The van der Waals surface area contributed by atoms with Crippen molar-refractivity contribution in [2.75, 3.05) is 0 Å². The van der Waals surface area contributed by atoms with Crippen molar-refractivity contribution in [2.24, 2.45) is 34.5 Å². The summed E-state index contributed by atoms with van der Waals surface area (Å²) in [6.07, 6.45) is 10.2. The van der Waals surface area contributed by atoms with E-state index in [-0.39, 0.29) is 34.6 Å². The van der Waals surface area contributed by atoms with Gasteiger partial charge in [-0.25, -0.2) is 0 Å². The smallest absolute Gasteiger partial charge is 0.224 e. The molecule has 2 unspecified atom stereocenters. The zero-order chi connectivity index (χ0) is 24.2. The molecule has 186 valence electrons. The van der Waals surface area contributed by atoms with Crippen molar-refractivity contribution in [2.45, 2.75) is 71.3 Å². The summed E-state index contributed by atoms with van der Waals surface area (Å²) < 4.78 is 0. The van der Waals surface area contributed by atoms with Crippen LogP contribution in [0, 0.1) is 34.5 Å². The van der Waals surface area contributed by atoms with Gasteiger partial charge in [-0.3, -0.25) is 9.59 Å². The maximum Gasteiger partial charge on any atom is 0.224 e. The Balaban J connectivity index is 1.21. The lowest BCUT2D eigenvalue weighted by Gasteiger charge is -2.57. The second-order valence-corrected chi connectivity index (χ2v) is 13.7. The Hall–Kier alpha value is -1.92. The number of nitrogens with one attached hydrogen (secondary N) is 2. The van der Waals surface area contributed by atoms with Crippen LogP contribution in [-0.4, -0.2) is 11.8 Å². The van der Waals surface area contributed by atoms with Crippen LogP contribution in [-0.2, 0) is 16.0 Å². The summed E-state index contributed by atoms with van der Waals surface area (Å²) in [5.41, 5.74) is 1.33. The normalized spacial score (nSPS) is 36.9. The molecular formula is C29H36N2O2S2. The lowest BCUT2D eigenvalue weighted by molar-refractivity contribution is -0.133. The highest BCUT2D eigenvalue weighted by Gasteiger charge is 2.60. The van der Waals surface area contributed by atoms with E-state index < -0.39 is 0 Å². The highest BCUT2D eigenvalue weighted by molar-refractivity contribution is 7.10. The summed E-state index contributed by atoms with van der Waals surface area (Å²) in [5, 5.41) is 10.9. The molecule has 6 heteroatoms. The van der Waals surface area contributed by atoms with Gasteiger partial charge in [-0.1, -0.05) is 32.1 Å². The monoisotopic (exact) mass is 508 g/mol. The standard InChI is InChI=1S/C29H36N2O2S2/c1-28-13-11-21-19(7-10-25-29(21,2)14-12-26(32)31-25)20(28)8-9-22(28)27(33)30-23(24-6-4-16-35-24)17-18-5-3-15-34-18/h3-6,10,15-16,19-23H,7-9,11-14,17H2,1-2H3,(H,30,33)(H,31,32)/t19-,20-,21+,22?,23?,28-,29+/m0/s1. The van der Waals surface area contributed by atoms with Crippen molar-refractivity contribution in [3.63, 3.8) is 0 Å². The Morgan fingerprint density at radius 2 is 1.94 bits per heavy atom. The molecule has 2 N–H and O–H groups in total. The van der Waals surface area contributed by atoms with Gasteiger partial charge >= 0.3 is 0 Å². The van der Waals surface area contributed by atoms with Gasteiger partial charge in [0.2, 0.25) is 11.8 Å². The largest absolute Gasteiger partial charge is 0.348 e. The van der Waals surface area contributed by atoms with Crippen molar-refractivity contribution < 1.29 is 9.59 Å². The summed E-state index contributed by atoms with van der Waals surface area (Å²) in [6.45, 7) is 4.79. The summed E-state index contributed by atoms with van der Waals surface area (Å²) in [4.78, 5) is 28.5. The minimum Gasteiger partial charge on any atom is -0.348 e. The van der Waals surface area contributed by atoms with Crippen molar-refractivity contribution >= 4 is 34.5 Å². The molecule has 0 radical (unpaired) electrons. The molecule has 0 bridgehead atoms. The zero-order valence-electron chi connectivity index (χ0n) is 20.7. The molecule has 2 aromatic heterocycles. The van der Waals surface area contributed by atoms with Gasteiger partial charge in [-0.15, -0.1) is 22.7 Å². The molecule has 1 aliphatic heterocycles. The summed E-state index contributed by atoms with van der Waals surface area (Å²) >= 11 is 3.51. The zero-order valence-corrected chi connectivity index (χ0v) is 22.4. The topological polar surface area (TPSA) is 58.2 Å². The summed E-state index contributed by atoms with van der Waals surface area (Å²) in [5.74, 6) is 2.33.